The lowest BCUT2D eigenvalue weighted by molar-refractivity contribution is -0.632. The Hall–Kier alpha value is -3.63. The Morgan fingerprint density at radius 2 is 1.42 bits per heavy atom. The van der Waals surface area contributed by atoms with Crippen molar-refractivity contribution in [2.45, 2.75) is 11.0 Å². The third-order valence-corrected chi connectivity index (χ3v) is 6.90. The van der Waals surface area contributed by atoms with Crippen LogP contribution in [0.15, 0.2) is 60.7 Å². The fourth-order valence-electron chi connectivity index (χ4n) is 3.80. The van der Waals surface area contributed by atoms with Crippen LogP contribution in [0.5, 0.6) is 17.2 Å². The average molecular weight is 581 g/mol. The molecule has 1 aliphatic heterocycles. The van der Waals surface area contributed by atoms with Gasteiger partial charge in [-0.15, -0.1) is 0 Å². The summed E-state index contributed by atoms with van der Waals surface area (Å²) in [5, 5.41) is 2.41. The number of benzene rings is 3. The third kappa shape index (κ3) is 4.81. The number of rotatable bonds is 2. The van der Waals surface area contributed by atoms with E-state index < -0.39 is 37.0 Å². The monoisotopic (exact) mass is 581 g/mol. The molecule has 202 valence electrons. The van der Waals surface area contributed by atoms with Crippen LogP contribution >= 0.6 is 0 Å². The van der Waals surface area contributed by atoms with Gasteiger partial charge in [0.2, 0.25) is 11.2 Å². The van der Waals surface area contributed by atoms with Gasteiger partial charge in [-0.2, -0.15) is 39.3 Å². The number of aryl methyl sites for hydroxylation is 1. The Balaban J connectivity index is 0.000000368. The highest BCUT2D eigenvalue weighted by Gasteiger charge is 2.48. The number of pyridine rings is 1. The maximum atomic E-state index is 12.7. The quantitative estimate of drug-likeness (QED) is 0.0730. The van der Waals surface area contributed by atoms with Crippen LogP contribution in [-0.2, 0) is 27.3 Å². The molecule has 1 aromatic heterocycles. The minimum absolute atomic E-state index is 0.418. The maximum absolute atomic E-state index is 12.7. The third-order valence-electron chi connectivity index (χ3n) is 5.35. The fourth-order valence-corrected chi connectivity index (χ4v) is 4.25. The van der Waals surface area contributed by atoms with E-state index in [4.69, 9.17) is 17.7 Å². The summed E-state index contributed by atoms with van der Waals surface area (Å²) < 4.78 is 132. The van der Waals surface area contributed by atoms with Gasteiger partial charge >= 0.3 is 21.1 Å². The second-order valence-electron chi connectivity index (χ2n) is 7.75. The van der Waals surface area contributed by atoms with Gasteiger partial charge in [-0.25, -0.2) is 8.42 Å². The van der Waals surface area contributed by atoms with E-state index in [1.54, 1.807) is 17.7 Å². The predicted octanol–water partition coefficient (Wildman–Crippen LogP) is 4.87. The number of hydrogen-bond acceptors (Lipinski definition) is 7. The van der Waals surface area contributed by atoms with Crippen molar-refractivity contribution >= 4 is 41.9 Å². The van der Waals surface area contributed by atoms with Gasteiger partial charge in [0, 0.05) is 5.39 Å². The molecule has 0 unspecified atom stereocenters. The molecule has 2 heterocycles. The predicted molar refractivity (Wildman–Crippen MR) is 119 cm³/mol. The summed E-state index contributed by atoms with van der Waals surface area (Å²) in [5.41, 5.74) is -9.01. The molecule has 0 aliphatic carbocycles. The molecule has 8 nitrogen and oxygen atoms in total. The van der Waals surface area contributed by atoms with Crippen LogP contribution in [0.3, 0.4) is 0 Å². The molecule has 0 N–H and O–H groups in total. The molecule has 0 saturated heterocycles. The summed E-state index contributed by atoms with van der Waals surface area (Å²) in [6.45, 7) is 0. The summed E-state index contributed by atoms with van der Waals surface area (Å²) >= 11 is 0. The summed E-state index contributed by atoms with van der Waals surface area (Å²) in [6.07, 6.45) is 0. The second kappa shape index (κ2) is 8.99. The Morgan fingerprint density at radius 1 is 0.816 bits per heavy atom. The molecule has 3 aromatic carbocycles. The average Bonchev–Trinajstić information content (AvgIpc) is 2.79. The van der Waals surface area contributed by atoms with Crippen LogP contribution in [0, 0.1) is 0 Å². The first kappa shape index (κ1) is 27.4. The zero-order chi connectivity index (χ0) is 28.3. The first-order valence-corrected chi connectivity index (χ1v) is 12.9. The lowest BCUT2D eigenvalue weighted by atomic mass is 9.96. The molecule has 1 aliphatic rings. The van der Waals surface area contributed by atoms with Gasteiger partial charge in [-0.05, 0) is 30.3 Å². The van der Waals surface area contributed by atoms with Gasteiger partial charge < -0.3 is 13.5 Å². The van der Waals surface area contributed by atoms with E-state index in [0.29, 0.717) is 17.0 Å². The standard InChI is InChI=1S/C21H13F3NO4S.CHF3O3S/c1-25-16-11-12(29-30(26,27)21(22,23)24)9-10-13(16)14-6-4-8-18-19(14)20(25)15-5-2-3-7-17(15)28-18;2-1(3,4)8(5,6)7/h2-11H,1H3;(H,5,6,7)/q+1;/p-1. The topological polar surface area (TPSA) is 114 Å². The van der Waals surface area contributed by atoms with Crippen molar-refractivity contribution in [2.75, 3.05) is 0 Å². The summed E-state index contributed by atoms with van der Waals surface area (Å²) in [5.74, 6) is 0.900. The number of halogens is 6. The number of para-hydroxylation sites is 1. The van der Waals surface area contributed by atoms with Crippen LogP contribution < -0.4 is 13.5 Å². The highest BCUT2D eigenvalue weighted by Crippen LogP contribution is 2.46. The summed E-state index contributed by atoms with van der Waals surface area (Å²) in [4.78, 5) is 0. The van der Waals surface area contributed by atoms with E-state index >= 15 is 0 Å². The van der Waals surface area contributed by atoms with Crippen molar-refractivity contribution in [3.05, 3.63) is 60.7 Å². The van der Waals surface area contributed by atoms with Crippen LogP contribution in [0.2, 0.25) is 0 Å². The lowest BCUT2D eigenvalue weighted by Crippen LogP contribution is -2.33. The Labute approximate surface area is 210 Å². The molecule has 0 saturated carbocycles. The lowest BCUT2D eigenvalue weighted by Gasteiger charge is -2.20. The van der Waals surface area contributed by atoms with Crippen molar-refractivity contribution in [1.82, 2.24) is 0 Å². The minimum Gasteiger partial charge on any atom is -0.741 e. The van der Waals surface area contributed by atoms with Gasteiger partial charge in [-0.3, -0.25) is 0 Å². The van der Waals surface area contributed by atoms with Gasteiger partial charge in [0.25, 0.3) is 0 Å². The maximum Gasteiger partial charge on any atom is 0.534 e. The van der Waals surface area contributed by atoms with Gasteiger partial charge in [0.05, 0.1) is 22.4 Å². The van der Waals surface area contributed by atoms with E-state index in [9.17, 15) is 34.8 Å². The number of aromatic nitrogens is 1. The van der Waals surface area contributed by atoms with Crippen molar-refractivity contribution in [3.8, 4) is 28.5 Å². The molecular weight excluding hydrogens is 568 g/mol. The van der Waals surface area contributed by atoms with Crippen LogP contribution in [0.4, 0.5) is 26.3 Å². The van der Waals surface area contributed by atoms with Gasteiger partial charge in [0.1, 0.15) is 24.3 Å². The van der Waals surface area contributed by atoms with Gasteiger partial charge in [-0.1, -0.05) is 24.3 Å². The zero-order valence-corrected chi connectivity index (χ0v) is 20.3. The first-order chi connectivity index (χ1) is 17.4. The van der Waals surface area contributed by atoms with E-state index in [-0.39, 0.29) is 0 Å². The molecule has 0 fully saturated rings. The molecule has 38 heavy (non-hydrogen) atoms. The molecule has 4 aromatic rings. The molecular formula is C22H13F6NO7S2. The van der Waals surface area contributed by atoms with Crippen molar-refractivity contribution in [1.29, 1.82) is 0 Å². The fraction of sp³-hybridized carbons (Fsp3) is 0.136. The molecule has 5 rings (SSSR count). The largest absolute Gasteiger partial charge is 0.741 e. The highest BCUT2D eigenvalue weighted by molar-refractivity contribution is 7.88. The van der Waals surface area contributed by atoms with E-state index in [2.05, 4.69) is 4.18 Å². The Kier molecular flexibility index (Phi) is 6.48. The van der Waals surface area contributed by atoms with Crippen LogP contribution in [0.1, 0.15) is 0 Å². The number of fused-ring (bicyclic) bond motifs is 4. The number of ether oxygens (including phenoxy) is 1. The van der Waals surface area contributed by atoms with E-state index in [1.807, 2.05) is 42.5 Å². The number of alkyl halides is 6. The SMILES string of the molecule is C[n+]1c2c3c(cccc3c3ccc(OS(=O)(=O)C(F)(F)F)cc31)Oc1ccccc1-2.O=S(=O)([O-])C(F)(F)F. The molecule has 0 atom stereocenters. The molecule has 0 amide bonds. The molecule has 0 spiro atoms. The second-order valence-corrected chi connectivity index (χ2v) is 10.7. The molecule has 0 radical (unpaired) electrons. The van der Waals surface area contributed by atoms with Crippen molar-refractivity contribution < 1.29 is 61.2 Å². The van der Waals surface area contributed by atoms with Crippen molar-refractivity contribution in [3.63, 3.8) is 0 Å². The van der Waals surface area contributed by atoms with Gasteiger partial charge in [0.15, 0.2) is 10.1 Å². The molecule has 0 bridgehead atoms. The smallest absolute Gasteiger partial charge is 0.534 e. The number of hydrogen-bond donors (Lipinski definition) is 0. The summed E-state index contributed by atoms with van der Waals surface area (Å²) in [6, 6.07) is 17.0. The minimum atomic E-state index is -6.09. The first-order valence-electron chi connectivity index (χ1n) is 10.1. The normalized spacial score (nSPS) is 13.4. The number of nitrogens with zero attached hydrogens (tertiary/aromatic N) is 1. The highest BCUT2D eigenvalue weighted by atomic mass is 32.2. The Morgan fingerprint density at radius 3 is 2.03 bits per heavy atom. The molecule has 16 heteroatoms. The zero-order valence-electron chi connectivity index (χ0n) is 18.7. The summed E-state index contributed by atoms with van der Waals surface area (Å²) in [7, 11) is -10.1. The van der Waals surface area contributed by atoms with Crippen LogP contribution in [-0.4, -0.2) is 32.4 Å². The Bertz CT molecular complexity index is 1800. The van der Waals surface area contributed by atoms with E-state index in [1.165, 1.54) is 12.1 Å². The van der Waals surface area contributed by atoms with Crippen molar-refractivity contribution in [2.24, 2.45) is 7.05 Å². The van der Waals surface area contributed by atoms with Crippen LogP contribution in [0.25, 0.3) is 32.9 Å². The van der Waals surface area contributed by atoms with E-state index in [0.717, 1.165) is 27.4 Å².